The monoisotopic (exact) mass is 308 g/mol. The maximum Gasteiger partial charge on any atom is 0.291 e. The molecule has 1 aliphatic rings. The van der Waals surface area contributed by atoms with Gasteiger partial charge < -0.3 is 5.32 Å². The summed E-state index contributed by atoms with van der Waals surface area (Å²) in [5.41, 5.74) is -0.844. The summed E-state index contributed by atoms with van der Waals surface area (Å²) >= 11 is 0. The molecule has 1 aromatic rings. The number of rotatable bonds is 2. The van der Waals surface area contributed by atoms with Crippen LogP contribution < -0.4 is 15.2 Å². The number of nitrogens with two attached hydrogens (primary N) is 1. The summed E-state index contributed by atoms with van der Waals surface area (Å²) in [6, 6.07) is 1.49. The third kappa shape index (κ3) is 2.37. The molecule has 0 radical (unpaired) electrons. The molecule has 0 unspecified atom stereocenters. The summed E-state index contributed by atoms with van der Waals surface area (Å²) in [6.45, 7) is -0.152. The van der Waals surface area contributed by atoms with Crippen LogP contribution in [-0.4, -0.2) is 28.4 Å². The maximum atomic E-state index is 11.7. The first-order valence-electron chi connectivity index (χ1n) is 4.72. The zero-order valence-corrected chi connectivity index (χ0v) is 10.8. The fraction of sp³-hybridized carbons (Fsp3) is 0.143. The first kappa shape index (κ1) is 13.7. The number of anilines is 1. The van der Waals surface area contributed by atoms with Gasteiger partial charge in [0.1, 0.15) is 4.90 Å². The second kappa shape index (κ2) is 4.12. The van der Waals surface area contributed by atoms with Crippen molar-refractivity contribution in [1.82, 2.24) is 4.72 Å². The van der Waals surface area contributed by atoms with Crippen LogP contribution in [0.3, 0.4) is 0 Å². The summed E-state index contributed by atoms with van der Waals surface area (Å²) < 4.78 is 48.0. The quantitative estimate of drug-likeness (QED) is 0.461. The highest BCUT2D eigenvalue weighted by molar-refractivity contribution is 7.90. The lowest BCUT2D eigenvalue weighted by Crippen LogP contribution is -2.34. The smallest absolute Gasteiger partial charge is 0.291 e. The molecule has 0 bridgehead atoms. The molecule has 0 saturated heterocycles. The van der Waals surface area contributed by atoms with Crippen molar-refractivity contribution >= 4 is 31.4 Å². The van der Waals surface area contributed by atoms with E-state index in [0.29, 0.717) is 6.07 Å². The van der Waals surface area contributed by atoms with Gasteiger partial charge in [-0.15, -0.1) is 0 Å². The highest BCUT2D eigenvalue weighted by Crippen LogP contribution is 2.33. The predicted molar refractivity (Wildman–Crippen MR) is 63.3 cm³/mol. The normalized spacial score (nSPS) is 17.3. The number of nitrogens with zero attached hydrogens (tertiary/aromatic N) is 1. The van der Waals surface area contributed by atoms with E-state index >= 15 is 0 Å². The summed E-state index contributed by atoms with van der Waals surface area (Å²) in [6.07, 6.45) is 0. The molecule has 2 rings (SSSR count). The van der Waals surface area contributed by atoms with Crippen LogP contribution in [0.4, 0.5) is 11.4 Å². The Bertz CT molecular complexity index is 769. The Morgan fingerprint density at radius 3 is 2.53 bits per heavy atom. The van der Waals surface area contributed by atoms with E-state index in [9.17, 15) is 26.9 Å². The van der Waals surface area contributed by atoms with Crippen molar-refractivity contribution < 1.29 is 21.8 Å². The van der Waals surface area contributed by atoms with Gasteiger partial charge in [-0.2, -0.15) is 4.72 Å². The van der Waals surface area contributed by atoms with Crippen LogP contribution in [0, 0.1) is 10.1 Å². The van der Waals surface area contributed by atoms with Gasteiger partial charge in [0.15, 0.2) is 4.90 Å². The Balaban J connectivity index is 2.86. The van der Waals surface area contributed by atoms with Gasteiger partial charge in [-0.1, -0.05) is 0 Å². The standard InChI is InChI=1S/C7H8N4O6S2/c8-18(14,15)7-2-6-4(1-5(7)11(12)13)9-3-10-19(6,16)17/h1-2,9-10H,3H2,(H2,8,14,15). The Morgan fingerprint density at radius 2 is 2.00 bits per heavy atom. The molecule has 0 spiro atoms. The lowest BCUT2D eigenvalue weighted by atomic mass is 10.3. The van der Waals surface area contributed by atoms with Crippen molar-refractivity contribution in [1.29, 1.82) is 0 Å². The van der Waals surface area contributed by atoms with E-state index in [-0.39, 0.29) is 12.4 Å². The highest BCUT2D eigenvalue weighted by Gasteiger charge is 2.31. The van der Waals surface area contributed by atoms with Crippen LogP contribution in [0.2, 0.25) is 0 Å². The number of hydrogen-bond donors (Lipinski definition) is 3. The number of benzene rings is 1. The van der Waals surface area contributed by atoms with Crippen molar-refractivity contribution in [2.75, 3.05) is 12.0 Å². The van der Waals surface area contributed by atoms with Gasteiger partial charge in [-0.25, -0.2) is 22.0 Å². The molecule has 4 N–H and O–H groups in total. The SMILES string of the molecule is NS(=O)(=O)c1cc2c(cc1[N+](=O)[O-])NCNS2(=O)=O. The van der Waals surface area contributed by atoms with Crippen LogP contribution >= 0.6 is 0 Å². The highest BCUT2D eigenvalue weighted by atomic mass is 32.2. The maximum absolute atomic E-state index is 11.7. The predicted octanol–water partition coefficient (Wildman–Crippen LogP) is -1.10. The molecule has 0 atom stereocenters. The molecular weight excluding hydrogens is 300 g/mol. The number of hydrogen-bond acceptors (Lipinski definition) is 7. The molecule has 12 heteroatoms. The van der Waals surface area contributed by atoms with Crippen LogP contribution in [0.1, 0.15) is 0 Å². The van der Waals surface area contributed by atoms with E-state index in [0.717, 1.165) is 6.07 Å². The number of nitro groups is 1. The van der Waals surface area contributed by atoms with E-state index < -0.39 is 40.4 Å². The van der Waals surface area contributed by atoms with Gasteiger partial charge in [-0.05, 0) is 6.07 Å². The van der Waals surface area contributed by atoms with Crippen molar-refractivity contribution in [2.24, 2.45) is 5.14 Å². The fourth-order valence-corrected chi connectivity index (χ4v) is 3.48. The van der Waals surface area contributed by atoms with Gasteiger partial charge >= 0.3 is 0 Å². The second-order valence-electron chi connectivity index (χ2n) is 3.62. The second-order valence-corrected chi connectivity index (χ2v) is 6.88. The average molecular weight is 308 g/mol. The molecule has 1 aliphatic heterocycles. The van der Waals surface area contributed by atoms with Gasteiger partial charge in [-0.3, -0.25) is 10.1 Å². The van der Waals surface area contributed by atoms with Crippen LogP contribution in [0.5, 0.6) is 0 Å². The third-order valence-electron chi connectivity index (χ3n) is 2.39. The first-order chi connectivity index (χ1) is 8.63. The molecule has 0 saturated carbocycles. The Hall–Kier alpha value is -1.76. The molecule has 104 valence electrons. The van der Waals surface area contributed by atoms with E-state index in [4.69, 9.17) is 5.14 Å². The Labute approximate surface area is 107 Å². The van der Waals surface area contributed by atoms with Crippen LogP contribution in [0.15, 0.2) is 21.9 Å². The number of nitrogens with one attached hydrogen (secondary N) is 2. The minimum atomic E-state index is -4.42. The molecule has 1 aromatic carbocycles. The molecular formula is C7H8N4O6S2. The number of fused-ring (bicyclic) bond motifs is 1. The first-order valence-corrected chi connectivity index (χ1v) is 7.74. The van der Waals surface area contributed by atoms with Gasteiger partial charge in [0.2, 0.25) is 20.0 Å². The summed E-state index contributed by atoms with van der Waals surface area (Å²) in [7, 11) is -8.35. The van der Waals surface area contributed by atoms with E-state index in [1.165, 1.54) is 0 Å². The summed E-state index contributed by atoms with van der Waals surface area (Å²) in [5.74, 6) is 0. The molecule has 1 heterocycles. The van der Waals surface area contributed by atoms with Crippen LogP contribution in [0.25, 0.3) is 0 Å². The van der Waals surface area contributed by atoms with E-state index in [1.807, 2.05) is 0 Å². The molecule has 10 nitrogen and oxygen atoms in total. The Kier molecular flexibility index (Phi) is 2.97. The fourth-order valence-electron chi connectivity index (χ4n) is 1.58. The molecule has 0 aliphatic carbocycles. The zero-order valence-electron chi connectivity index (χ0n) is 9.15. The summed E-state index contributed by atoms with van der Waals surface area (Å²) in [5, 5.41) is 18.2. The lowest BCUT2D eigenvalue weighted by molar-refractivity contribution is -0.387. The molecule has 0 aromatic heterocycles. The third-order valence-corrected chi connectivity index (χ3v) is 4.78. The van der Waals surface area contributed by atoms with Crippen molar-refractivity contribution in [3.05, 3.63) is 22.2 Å². The van der Waals surface area contributed by atoms with E-state index in [1.54, 1.807) is 0 Å². The van der Waals surface area contributed by atoms with Gasteiger partial charge in [0, 0.05) is 6.07 Å². The van der Waals surface area contributed by atoms with Crippen molar-refractivity contribution in [3.63, 3.8) is 0 Å². The topological polar surface area (TPSA) is 162 Å². The van der Waals surface area contributed by atoms with Crippen molar-refractivity contribution in [3.8, 4) is 0 Å². The number of primary sulfonamides is 1. The number of sulfonamides is 2. The minimum absolute atomic E-state index is 0.0575. The average Bonchev–Trinajstić information content (AvgIpc) is 2.25. The Morgan fingerprint density at radius 1 is 1.37 bits per heavy atom. The minimum Gasteiger partial charge on any atom is -0.370 e. The van der Waals surface area contributed by atoms with Gasteiger partial charge in [0.05, 0.1) is 17.3 Å². The molecule has 0 amide bonds. The van der Waals surface area contributed by atoms with Crippen molar-refractivity contribution in [2.45, 2.75) is 9.79 Å². The largest absolute Gasteiger partial charge is 0.370 e. The van der Waals surface area contributed by atoms with Gasteiger partial charge in [0.25, 0.3) is 5.69 Å². The lowest BCUT2D eigenvalue weighted by Gasteiger charge is -2.19. The van der Waals surface area contributed by atoms with E-state index in [2.05, 4.69) is 10.0 Å². The molecule has 19 heavy (non-hydrogen) atoms. The summed E-state index contributed by atoms with van der Waals surface area (Å²) in [4.78, 5) is 8.60. The van der Waals surface area contributed by atoms with Crippen LogP contribution in [-0.2, 0) is 20.0 Å². The number of nitro benzene ring substituents is 1. The molecule has 0 fully saturated rings. The zero-order chi connectivity index (χ0) is 14.4.